The summed E-state index contributed by atoms with van der Waals surface area (Å²) in [7, 11) is 1.57. The van der Waals surface area contributed by atoms with Crippen molar-refractivity contribution in [3.05, 3.63) is 22.2 Å². The highest BCUT2D eigenvalue weighted by molar-refractivity contribution is 9.10. The average Bonchev–Trinajstić information content (AvgIpc) is 2.29. The Bertz CT molecular complexity index is 481. The normalized spacial score (nSPS) is 13.0. The summed E-state index contributed by atoms with van der Waals surface area (Å²) in [6.07, 6.45) is 0. The number of anilines is 1. The number of rotatable bonds is 3. The summed E-state index contributed by atoms with van der Waals surface area (Å²) in [4.78, 5) is 12.2. The molecule has 4 nitrogen and oxygen atoms in total. The van der Waals surface area contributed by atoms with Crippen LogP contribution in [0.25, 0.3) is 0 Å². The third-order valence-corrected chi connectivity index (χ3v) is 3.41. The van der Waals surface area contributed by atoms with Gasteiger partial charge in [-0.15, -0.1) is 0 Å². The summed E-state index contributed by atoms with van der Waals surface area (Å²) < 4.78 is 6.19. The highest BCUT2D eigenvalue weighted by Crippen LogP contribution is 2.32. The monoisotopic (exact) mass is 328 g/mol. The molecule has 0 aliphatic rings. The van der Waals surface area contributed by atoms with Crippen LogP contribution < -0.4 is 15.8 Å². The van der Waals surface area contributed by atoms with Crippen molar-refractivity contribution in [2.45, 2.75) is 33.7 Å². The molecule has 3 N–H and O–H groups in total. The number of methoxy groups -OCH3 is 1. The molecule has 0 radical (unpaired) electrons. The molecule has 1 amide bonds. The van der Waals surface area contributed by atoms with E-state index in [0.717, 1.165) is 10.0 Å². The number of nitrogens with one attached hydrogen (secondary N) is 1. The van der Waals surface area contributed by atoms with Gasteiger partial charge in [0.05, 0.1) is 18.8 Å². The number of carbonyl (C=O) groups is 1. The number of hydrogen-bond acceptors (Lipinski definition) is 3. The zero-order valence-corrected chi connectivity index (χ0v) is 13.6. The van der Waals surface area contributed by atoms with Crippen LogP contribution >= 0.6 is 15.9 Å². The van der Waals surface area contributed by atoms with Crippen LogP contribution in [0.15, 0.2) is 16.6 Å². The van der Waals surface area contributed by atoms with Gasteiger partial charge in [0.15, 0.2) is 0 Å². The third-order valence-electron chi connectivity index (χ3n) is 2.95. The number of aryl methyl sites for hydroxylation is 1. The molecule has 1 aromatic rings. The minimum atomic E-state index is -0.583. The second-order valence-electron chi connectivity index (χ2n) is 5.63. The summed E-state index contributed by atoms with van der Waals surface area (Å²) in [6.45, 7) is 7.71. The lowest BCUT2D eigenvalue weighted by atomic mass is 9.87. The van der Waals surface area contributed by atoms with E-state index in [1.165, 1.54) is 0 Å². The lowest BCUT2D eigenvalue weighted by molar-refractivity contribution is -0.119. The Balaban J connectivity index is 3.03. The second kappa shape index (κ2) is 5.92. The quantitative estimate of drug-likeness (QED) is 0.896. The van der Waals surface area contributed by atoms with Crippen LogP contribution in [0.4, 0.5) is 5.69 Å². The Hall–Kier alpha value is -1.07. The molecule has 0 heterocycles. The van der Waals surface area contributed by atoms with Crippen molar-refractivity contribution in [2.24, 2.45) is 11.1 Å². The molecule has 0 fully saturated rings. The molecule has 0 saturated heterocycles. The van der Waals surface area contributed by atoms with Crippen LogP contribution in [0.2, 0.25) is 0 Å². The maximum atomic E-state index is 12.2. The standard InChI is InChI=1S/C14H21BrN2O2/c1-8-6-9(15)7-10(19-5)11(8)17-13(18)12(16)14(2,3)4/h6-7,12H,16H2,1-5H3,(H,17,18)/t12-/m1/s1. The first kappa shape index (κ1) is 16.0. The fraction of sp³-hybridized carbons (Fsp3) is 0.500. The molecule has 19 heavy (non-hydrogen) atoms. The van der Waals surface area contributed by atoms with Crippen LogP contribution in [0.3, 0.4) is 0 Å². The van der Waals surface area contributed by atoms with E-state index in [1.54, 1.807) is 7.11 Å². The van der Waals surface area contributed by atoms with Crippen molar-refractivity contribution in [2.75, 3.05) is 12.4 Å². The van der Waals surface area contributed by atoms with Gasteiger partial charge in [0.25, 0.3) is 0 Å². The number of benzene rings is 1. The maximum Gasteiger partial charge on any atom is 0.241 e. The van der Waals surface area contributed by atoms with Crippen LogP contribution in [-0.2, 0) is 4.79 Å². The Kier molecular flexibility index (Phi) is 4.98. The fourth-order valence-electron chi connectivity index (χ4n) is 1.63. The average molecular weight is 329 g/mol. The minimum absolute atomic E-state index is 0.212. The Morgan fingerprint density at radius 2 is 2.00 bits per heavy atom. The first-order valence-corrected chi connectivity index (χ1v) is 6.86. The van der Waals surface area contributed by atoms with Crippen LogP contribution in [-0.4, -0.2) is 19.1 Å². The lowest BCUT2D eigenvalue weighted by Crippen LogP contribution is -2.45. The molecule has 0 bridgehead atoms. The molecule has 1 aromatic carbocycles. The summed E-state index contributed by atoms with van der Waals surface area (Å²) in [5.41, 5.74) is 7.24. The van der Waals surface area contributed by atoms with Crippen molar-refractivity contribution in [3.63, 3.8) is 0 Å². The molecule has 0 spiro atoms. The summed E-state index contributed by atoms with van der Waals surface area (Å²) in [6, 6.07) is 3.15. The van der Waals surface area contributed by atoms with E-state index in [-0.39, 0.29) is 11.3 Å². The predicted octanol–water partition coefficient (Wildman–Crippen LogP) is 3.08. The Morgan fingerprint density at radius 1 is 1.42 bits per heavy atom. The van der Waals surface area contributed by atoms with Crippen LogP contribution in [0.1, 0.15) is 26.3 Å². The van der Waals surface area contributed by atoms with Crippen molar-refractivity contribution >= 4 is 27.5 Å². The number of carbonyl (C=O) groups excluding carboxylic acids is 1. The van der Waals surface area contributed by atoms with E-state index in [9.17, 15) is 4.79 Å². The van der Waals surface area contributed by atoms with E-state index in [4.69, 9.17) is 10.5 Å². The van der Waals surface area contributed by atoms with E-state index < -0.39 is 6.04 Å². The van der Waals surface area contributed by atoms with Crippen molar-refractivity contribution in [1.82, 2.24) is 0 Å². The Labute approximate surface area is 122 Å². The molecule has 106 valence electrons. The van der Waals surface area contributed by atoms with Gasteiger partial charge >= 0.3 is 0 Å². The zero-order chi connectivity index (χ0) is 14.8. The first-order valence-electron chi connectivity index (χ1n) is 6.07. The fourth-order valence-corrected chi connectivity index (χ4v) is 2.18. The third kappa shape index (κ3) is 3.94. The van der Waals surface area contributed by atoms with Crippen LogP contribution in [0.5, 0.6) is 5.75 Å². The molecule has 1 rings (SSSR count). The summed E-state index contributed by atoms with van der Waals surface area (Å²) in [5.74, 6) is 0.401. The highest BCUT2D eigenvalue weighted by Gasteiger charge is 2.28. The number of halogens is 1. The number of ether oxygens (including phenoxy) is 1. The maximum absolute atomic E-state index is 12.2. The van der Waals surface area contributed by atoms with E-state index >= 15 is 0 Å². The van der Waals surface area contributed by atoms with E-state index in [0.29, 0.717) is 11.4 Å². The number of hydrogen-bond donors (Lipinski definition) is 2. The molecule has 0 aromatic heterocycles. The SMILES string of the molecule is COc1cc(Br)cc(C)c1NC(=O)[C@@H](N)C(C)(C)C. The second-order valence-corrected chi connectivity index (χ2v) is 6.55. The smallest absolute Gasteiger partial charge is 0.241 e. The molecule has 0 saturated carbocycles. The minimum Gasteiger partial charge on any atom is -0.495 e. The number of amides is 1. The van der Waals surface area contributed by atoms with Gasteiger partial charge in [-0.25, -0.2) is 0 Å². The Morgan fingerprint density at radius 3 is 2.47 bits per heavy atom. The zero-order valence-electron chi connectivity index (χ0n) is 12.0. The van der Waals surface area contributed by atoms with Crippen molar-refractivity contribution in [1.29, 1.82) is 0 Å². The van der Waals surface area contributed by atoms with E-state index in [2.05, 4.69) is 21.2 Å². The van der Waals surface area contributed by atoms with Gasteiger partial charge < -0.3 is 15.8 Å². The largest absolute Gasteiger partial charge is 0.495 e. The van der Waals surface area contributed by atoms with E-state index in [1.807, 2.05) is 39.8 Å². The lowest BCUT2D eigenvalue weighted by Gasteiger charge is -2.26. The van der Waals surface area contributed by atoms with Gasteiger partial charge in [-0.1, -0.05) is 36.7 Å². The van der Waals surface area contributed by atoms with Crippen LogP contribution in [0, 0.1) is 12.3 Å². The van der Waals surface area contributed by atoms with Gasteiger partial charge in [0.2, 0.25) is 5.91 Å². The number of nitrogens with two attached hydrogens (primary N) is 1. The first-order chi connectivity index (χ1) is 8.66. The molecular formula is C14H21BrN2O2. The summed E-state index contributed by atoms with van der Waals surface area (Å²) in [5, 5.41) is 2.85. The topological polar surface area (TPSA) is 64.3 Å². The molecule has 0 aliphatic carbocycles. The van der Waals surface area contributed by atoms with Crippen molar-refractivity contribution in [3.8, 4) is 5.75 Å². The summed E-state index contributed by atoms with van der Waals surface area (Å²) >= 11 is 3.40. The molecule has 0 aliphatic heterocycles. The van der Waals surface area contributed by atoms with Gasteiger partial charge in [0.1, 0.15) is 5.75 Å². The molecule has 1 atom stereocenters. The van der Waals surface area contributed by atoms with Crippen molar-refractivity contribution < 1.29 is 9.53 Å². The molecule has 5 heteroatoms. The molecular weight excluding hydrogens is 308 g/mol. The highest BCUT2D eigenvalue weighted by atomic mass is 79.9. The van der Waals surface area contributed by atoms with Gasteiger partial charge in [-0.2, -0.15) is 0 Å². The van der Waals surface area contributed by atoms with Gasteiger partial charge in [-0.3, -0.25) is 4.79 Å². The van der Waals surface area contributed by atoms with Gasteiger partial charge in [-0.05, 0) is 30.0 Å². The molecule has 0 unspecified atom stereocenters. The predicted molar refractivity (Wildman–Crippen MR) is 81.5 cm³/mol. The van der Waals surface area contributed by atoms with Gasteiger partial charge in [0, 0.05) is 4.47 Å².